The molecular weight excluding hydrogens is 313 g/mol. The highest BCUT2D eigenvalue weighted by atomic mass is 19.1. The number of nitrogens with zero attached hydrogens (tertiary/aromatic N) is 2. The average Bonchev–Trinajstić information content (AvgIpc) is 2.59. The average molecular weight is 327 g/mol. The smallest absolute Gasteiger partial charge is 0.263 e. The lowest BCUT2D eigenvalue weighted by molar-refractivity contribution is -0.135. The van der Waals surface area contributed by atoms with E-state index in [1.54, 1.807) is 0 Å². The van der Waals surface area contributed by atoms with Crippen molar-refractivity contribution in [2.45, 2.75) is 13.2 Å². The number of amides is 1. The summed E-state index contributed by atoms with van der Waals surface area (Å²) in [7, 11) is 0. The van der Waals surface area contributed by atoms with E-state index < -0.39 is 17.3 Å². The predicted molar refractivity (Wildman–Crippen MR) is 85.3 cm³/mol. The number of rotatable bonds is 5. The predicted octanol–water partition coefficient (Wildman–Crippen LogP) is 1.78. The van der Waals surface area contributed by atoms with Crippen LogP contribution in [0.5, 0.6) is 0 Å². The maximum Gasteiger partial charge on any atom is 0.263 e. The number of hydrogen-bond acceptors (Lipinski definition) is 4. The van der Waals surface area contributed by atoms with Gasteiger partial charge in [-0.2, -0.15) is 0 Å². The van der Waals surface area contributed by atoms with Crippen LogP contribution in [0.1, 0.15) is 5.56 Å². The number of carbonyl (C=O) groups is 1. The maximum absolute atomic E-state index is 13.3. The molecule has 0 aliphatic carbocycles. The van der Waals surface area contributed by atoms with Crippen LogP contribution >= 0.6 is 0 Å². The fraction of sp³-hybridized carbons (Fsp3) is 0.118. The normalized spacial score (nSPS) is 10.7. The molecule has 0 saturated carbocycles. The summed E-state index contributed by atoms with van der Waals surface area (Å²) in [6, 6.07) is 13.1. The fourth-order valence-electron chi connectivity index (χ4n) is 2.20. The van der Waals surface area contributed by atoms with E-state index in [4.69, 9.17) is 4.84 Å². The largest absolute Gasteiger partial charge is 0.289 e. The molecule has 0 aliphatic rings. The lowest BCUT2D eigenvalue weighted by atomic mass is 10.2. The van der Waals surface area contributed by atoms with Crippen molar-refractivity contribution in [3.05, 3.63) is 76.6 Å². The van der Waals surface area contributed by atoms with Gasteiger partial charge in [-0.05, 0) is 23.8 Å². The van der Waals surface area contributed by atoms with Crippen LogP contribution < -0.4 is 11.0 Å². The van der Waals surface area contributed by atoms with Gasteiger partial charge in [-0.15, -0.1) is 0 Å². The first-order valence-electron chi connectivity index (χ1n) is 7.23. The Balaban J connectivity index is 1.65. The van der Waals surface area contributed by atoms with Gasteiger partial charge in [0.15, 0.2) is 0 Å². The van der Waals surface area contributed by atoms with Gasteiger partial charge in [0, 0.05) is 0 Å². The van der Waals surface area contributed by atoms with Crippen molar-refractivity contribution >= 4 is 16.8 Å². The second-order valence-electron chi connectivity index (χ2n) is 5.14. The monoisotopic (exact) mass is 327 g/mol. The molecule has 1 amide bonds. The summed E-state index contributed by atoms with van der Waals surface area (Å²) in [4.78, 5) is 33.3. The van der Waals surface area contributed by atoms with Gasteiger partial charge in [0.25, 0.3) is 11.5 Å². The molecule has 1 N–H and O–H groups in total. The molecule has 1 aromatic heterocycles. The van der Waals surface area contributed by atoms with Gasteiger partial charge in [0.1, 0.15) is 12.4 Å². The molecule has 0 radical (unpaired) electrons. The zero-order chi connectivity index (χ0) is 16.9. The van der Waals surface area contributed by atoms with Gasteiger partial charge in [0.05, 0.1) is 23.8 Å². The number of fused-ring (bicyclic) bond motifs is 1. The Kier molecular flexibility index (Phi) is 4.62. The molecule has 0 saturated heterocycles. The van der Waals surface area contributed by atoms with Crippen molar-refractivity contribution in [1.82, 2.24) is 15.0 Å². The first kappa shape index (κ1) is 15.8. The second-order valence-corrected chi connectivity index (χ2v) is 5.14. The lowest BCUT2D eigenvalue weighted by Gasteiger charge is -2.08. The molecule has 0 bridgehead atoms. The van der Waals surface area contributed by atoms with Crippen LogP contribution in [0, 0.1) is 5.82 Å². The van der Waals surface area contributed by atoms with Gasteiger partial charge < -0.3 is 0 Å². The van der Waals surface area contributed by atoms with E-state index in [0.717, 1.165) is 16.2 Å². The molecule has 0 spiro atoms. The molecule has 0 unspecified atom stereocenters. The van der Waals surface area contributed by atoms with E-state index in [-0.39, 0.29) is 18.5 Å². The minimum absolute atomic E-state index is 0.121. The molecule has 7 heteroatoms. The summed E-state index contributed by atoms with van der Waals surface area (Å²) in [6.07, 6.45) is 1.25. The number of carbonyl (C=O) groups excluding carboxylic acids is 1. The van der Waals surface area contributed by atoms with Gasteiger partial charge in [-0.3, -0.25) is 19.0 Å². The number of nitrogens with one attached hydrogen (secondary N) is 1. The standard InChI is InChI=1S/C17H14FN3O3/c18-13-6-7-15-14(8-13)17(23)21(11-19-15)9-16(22)20-24-10-12-4-2-1-3-5-12/h1-8,11H,9-10H2,(H,20,22). The Hall–Kier alpha value is -3.06. The minimum Gasteiger partial charge on any atom is -0.289 e. The van der Waals surface area contributed by atoms with Crippen LogP contribution in [0.25, 0.3) is 10.9 Å². The molecule has 2 aromatic carbocycles. The minimum atomic E-state index is -0.533. The molecule has 122 valence electrons. The van der Waals surface area contributed by atoms with Gasteiger partial charge in [-0.1, -0.05) is 30.3 Å². The fourth-order valence-corrected chi connectivity index (χ4v) is 2.20. The molecule has 3 rings (SSSR count). The quantitative estimate of drug-likeness (QED) is 0.725. The van der Waals surface area contributed by atoms with E-state index in [2.05, 4.69) is 10.5 Å². The number of hydroxylamine groups is 1. The van der Waals surface area contributed by atoms with Crippen molar-refractivity contribution in [1.29, 1.82) is 0 Å². The van der Waals surface area contributed by atoms with E-state index in [1.165, 1.54) is 18.5 Å². The van der Waals surface area contributed by atoms with Crippen molar-refractivity contribution in [2.24, 2.45) is 0 Å². The van der Waals surface area contributed by atoms with E-state index >= 15 is 0 Å². The first-order valence-corrected chi connectivity index (χ1v) is 7.23. The third-order valence-corrected chi connectivity index (χ3v) is 3.37. The Morgan fingerprint density at radius 3 is 2.79 bits per heavy atom. The highest BCUT2D eigenvalue weighted by Crippen LogP contribution is 2.08. The molecular formula is C17H14FN3O3. The molecule has 3 aromatic rings. The lowest BCUT2D eigenvalue weighted by Crippen LogP contribution is -2.32. The van der Waals surface area contributed by atoms with Crippen LogP contribution in [0.3, 0.4) is 0 Å². The summed E-state index contributed by atoms with van der Waals surface area (Å²) in [5, 5.41) is 0.121. The topological polar surface area (TPSA) is 73.2 Å². The van der Waals surface area contributed by atoms with Crippen molar-refractivity contribution < 1.29 is 14.0 Å². The van der Waals surface area contributed by atoms with Crippen molar-refractivity contribution in [3.63, 3.8) is 0 Å². The summed E-state index contributed by atoms with van der Waals surface area (Å²) >= 11 is 0. The molecule has 1 heterocycles. The number of aromatic nitrogens is 2. The highest BCUT2D eigenvalue weighted by Gasteiger charge is 2.09. The van der Waals surface area contributed by atoms with Gasteiger partial charge >= 0.3 is 0 Å². The molecule has 6 nitrogen and oxygen atoms in total. The maximum atomic E-state index is 13.3. The second kappa shape index (κ2) is 7.01. The zero-order valence-electron chi connectivity index (χ0n) is 12.6. The Morgan fingerprint density at radius 1 is 1.21 bits per heavy atom. The van der Waals surface area contributed by atoms with Crippen LogP contribution in [-0.2, 0) is 22.8 Å². The van der Waals surface area contributed by atoms with E-state index in [0.29, 0.717) is 5.52 Å². The van der Waals surface area contributed by atoms with E-state index in [1.807, 2.05) is 30.3 Å². The molecule has 24 heavy (non-hydrogen) atoms. The molecule has 0 fully saturated rings. The third-order valence-electron chi connectivity index (χ3n) is 3.37. The summed E-state index contributed by atoms with van der Waals surface area (Å²) in [6.45, 7) is -0.0598. The number of halogens is 1. The summed E-state index contributed by atoms with van der Waals surface area (Å²) in [5.41, 5.74) is 3.05. The van der Waals surface area contributed by atoms with Crippen LogP contribution in [0.15, 0.2) is 59.7 Å². The van der Waals surface area contributed by atoms with E-state index in [9.17, 15) is 14.0 Å². The summed E-state index contributed by atoms with van der Waals surface area (Å²) < 4.78 is 14.4. The third kappa shape index (κ3) is 3.64. The van der Waals surface area contributed by atoms with Crippen LogP contribution in [-0.4, -0.2) is 15.5 Å². The van der Waals surface area contributed by atoms with Gasteiger partial charge in [-0.25, -0.2) is 14.9 Å². The first-order chi connectivity index (χ1) is 11.6. The zero-order valence-corrected chi connectivity index (χ0v) is 12.6. The van der Waals surface area contributed by atoms with Crippen molar-refractivity contribution in [2.75, 3.05) is 0 Å². The Morgan fingerprint density at radius 2 is 2.00 bits per heavy atom. The highest BCUT2D eigenvalue weighted by molar-refractivity contribution is 5.78. The van der Waals surface area contributed by atoms with Crippen LogP contribution in [0.4, 0.5) is 4.39 Å². The number of hydrogen-bond donors (Lipinski definition) is 1. The summed E-state index contributed by atoms with van der Waals surface area (Å²) in [5.74, 6) is -1.04. The van der Waals surface area contributed by atoms with Crippen molar-refractivity contribution in [3.8, 4) is 0 Å². The molecule has 0 aliphatic heterocycles. The Bertz CT molecular complexity index is 925. The van der Waals surface area contributed by atoms with Crippen LogP contribution in [0.2, 0.25) is 0 Å². The van der Waals surface area contributed by atoms with Gasteiger partial charge in [0.2, 0.25) is 0 Å². The Labute approximate surface area is 136 Å². The molecule has 0 atom stereocenters. The number of benzene rings is 2. The SMILES string of the molecule is O=C(Cn1cnc2ccc(F)cc2c1=O)NOCc1ccccc1.